The number of likely N-dealkylation sites (tertiary alicyclic amines) is 1. The van der Waals surface area contributed by atoms with Gasteiger partial charge in [0.25, 0.3) is 5.91 Å². The summed E-state index contributed by atoms with van der Waals surface area (Å²) in [4.78, 5) is 15.0. The highest BCUT2D eigenvalue weighted by Gasteiger charge is 2.21. The normalized spacial score (nSPS) is 20.8. The number of amides is 1. The van der Waals surface area contributed by atoms with E-state index in [-0.39, 0.29) is 18.3 Å². The average Bonchev–Trinajstić information content (AvgIpc) is 3.25. The van der Waals surface area contributed by atoms with Gasteiger partial charge in [-0.05, 0) is 62.9 Å². The van der Waals surface area contributed by atoms with E-state index in [0.717, 1.165) is 65.0 Å². The summed E-state index contributed by atoms with van der Waals surface area (Å²) in [5, 5.41) is 11.0. The van der Waals surface area contributed by atoms with E-state index in [4.69, 9.17) is 0 Å². The largest absolute Gasteiger partial charge is 0.350 e. The van der Waals surface area contributed by atoms with E-state index in [1.165, 1.54) is 5.56 Å². The molecule has 3 heterocycles. The molecule has 0 saturated carbocycles. The van der Waals surface area contributed by atoms with Gasteiger partial charge in [0.1, 0.15) is 5.69 Å². The Labute approximate surface area is 179 Å². The molecule has 1 aromatic carbocycles. The van der Waals surface area contributed by atoms with Crippen LogP contribution in [0.1, 0.15) is 47.8 Å². The van der Waals surface area contributed by atoms with Gasteiger partial charge in [-0.15, -0.1) is 12.4 Å². The van der Waals surface area contributed by atoms with Crippen molar-refractivity contribution in [1.29, 1.82) is 0 Å². The molecule has 6 nitrogen and oxygen atoms in total. The first kappa shape index (κ1) is 21.8. The van der Waals surface area contributed by atoms with E-state index >= 15 is 0 Å². The molecular formula is C22H32ClN5O. The van der Waals surface area contributed by atoms with Crippen molar-refractivity contribution in [2.75, 3.05) is 32.7 Å². The molecule has 2 aliphatic heterocycles. The van der Waals surface area contributed by atoms with Crippen LogP contribution in [0, 0.1) is 5.92 Å². The number of carbonyl (C=O) groups is 1. The van der Waals surface area contributed by atoms with Gasteiger partial charge in [0.05, 0.1) is 6.04 Å². The first-order valence-corrected chi connectivity index (χ1v) is 10.6. The summed E-state index contributed by atoms with van der Waals surface area (Å²) in [6, 6.07) is 12.8. The fourth-order valence-electron chi connectivity index (χ4n) is 4.24. The second-order valence-electron chi connectivity index (χ2n) is 8.10. The molecule has 29 heavy (non-hydrogen) atoms. The first-order chi connectivity index (χ1) is 13.8. The van der Waals surface area contributed by atoms with Crippen molar-refractivity contribution in [2.45, 2.75) is 38.3 Å². The Balaban J connectivity index is 0.00000240. The number of nitrogens with one attached hydrogen (secondary N) is 2. The van der Waals surface area contributed by atoms with Crippen LogP contribution in [0.25, 0.3) is 0 Å². The smallest absolute Gasteiger partial charge is 0.271 e. The van der Waals surface area contributed by atoms with Crippen LogP contribution in [0.15, 0.2) is 42.6 Å². The third-order valence-corrected chi connectivity index (χ3v) is 5.99. The Morgan fingerprint density at radius 1 is 1.14 bits per heavy atom. The zero-order chi connectivity index (χ0) is 19.2. The van der Waals surface area contributed by atoms with E-state index < -0.39 is 0 Å². The van der Waals surface area contributed by atoms with E-state index in [1.54, 1.807) is 0 Å². The fourth-order valence-corrected chi connectivity index (χ4v) is 4.24. The number of carbonyl (C=O) groups excluding carboxylic acids is 1. The zero-order valence-corrected chi connectivity index (χ0v) is 17.7. The number of piperidine rings is 2. The van der Waals surface area contributed by atoms with E-state index in [9.17, 15) is 4.79 Å². The number of nitrogens with zero attached hydrogens (tertiary/aromatic N) is 3. The lowest BCUT2D eigenvalue weighted by atomic mass is 9.96. The lowest BCUT2D eigenvalue weighted by Crippen LogP contribution is -2.38. The van der Waals surface area contributed by atoms with Crippen molar-refractivity contribution in [3.63, 3.8) is 0 Å². The van der Waals surface area contributed by atoms with E-state index in [2.05, 4.69) is 51.0 Å². The molecule has 7 heteroatoms. The van der Waals surface area contributed by atoms with Crippen LogP contribution in [0.5, 0.6) is 0 Å². The maximum Gasteiger partial charge on any atom is 0.271 e. The van der Waals surface area contributed by atoms with Crippen molar-refractivity contribution < 1.29 is 4.79 Å². The van der Waals surface area contributed by atoms with Crippen molar-refractivity contribution in [1.82, 2.24) is 25.3 Å². The molecule has 0 spiro atoms. The quantitative estimate of drug-likeness (QED) is 0.758. The Hall–Kier alpha value is -1.89. The second-order valence-corrected chi connectivity index (χ2v) is 8.10. The number of benzene rings is 1. The molecule has 2 N–H and O–H groups in total. The van der Waals surface area contributed by atoms with E-state index in [1.807, 2.05) is 16.9 Å². The molecule has 1 aromatic heterocycles. The molecular weight excluding hydrogens is 386 g/mol. The molecule has 2 fully saturated rings. The highest BCUT2D eigenvalue weighted by atomic mass is 35.5. The Bertz CT molecular complexity index is 752. The summed E-state index contributed by atoms with van der Waals surface area (Å²) >= 11 is 0. The van der Waals surface area contributed by atoms with Gasteiger partial charge in [0.2, 0.25) is 0 Å². The molecule has 2 saturated heterocycles. The maximum atomic E-state index is 12.5. The van der Waals surface area contributed by atoms with Gasteiger partial charge in [-0.2, -0.15) is 5.10 Å². The fraction of sp³-hybridized carbons (Fsp3) is 0.545. The van der Waals surface area contributed by atoms with Crippen LogP contribution in [-0.2, 0) is 6.54 Å². The number of aromatic nitrogens is 2. The topological polar surface area (TPSA) is 62.2 Å². The summed E-state index contributed by atoms with van der Waals surface area (Å²) < 4.78 is 1.95. The Kier molecular flexibility index (Phi) is 8.09. The molecule has 158 valence electrons. The van der Waals surface area contributed by atoms with Crippen LogP contribution < -0.4 is 10.6 Å². The summed E-state index contributed by atoms with van der Waals surface area (Å²) in [5.41, 5.74) is 1.91. The maximum absolute atomic E-state index is 12.5. The Morgan fingerprint density at radius 2 is 1.93 bits per heavy atom. The summed E-state index contributed by atoms with van der Waals surface area (Å²) in [7, 11) is 0. The standard InChI is InChI=1S/C22H31N5O.ClH/c28-22(21-10-14-27(25-21)20-7-4-11-23-16-20)24-15-18-8-12-26(13-9-18)17-19-5-2-1-3-6-19;/h1-3,5-6,10,14,18,20,23H,4,7-9,11-13,15-17H2,(H,24,28);1H. The van der Waals surface area contributed by atoms with Crippen molar-refractivity contribution in [2.24, 2.45) is 5.92 Å². The van der Waals surface area contributed by atoms with Gasteiger partial charge in [-0.3, -0.25) is 14.4 Å². The molecule has 1 atom stereocenters. The number of hydrogen-bond acceptors (Lipinski definition) is 4. The van der Waals surface area contributed by atoms with Crippen LogP contribution in [-0.4, -0.2) is 53.3 Å². The summed E-state index contributed by atoms with van der Waals surface area (Å²) in [6.07, 6.45) is 6.49. The molecule has 4 rings (SSSR count). The highest BCUT2D eigenvalue weighted by molar-refractivity contribution is 5.92. The van der Waals surface area contributed by atoms with Gasteiger partial charge in [0.15, 0.2) is 0 Å². The van der Waals surface area contributed by atoms with E-state index in [0.29, 0.717) is 17.7 Å². The molecule has 0 radical (unpaired) electrons. The molecule has 2 aromatic rings. The molecule has 0 bridgehead atoms. The van der Waals surface area contributed by atoms with Crippen molar-refractivity contribution in [3.8, 4) is 0 Å². The van der Waals surface area contributed by atoms with Gasteiger partial charge in [-0.1, -0.05) is 30.3 Å². The summed E-state index contributed by atoms with van der Waals surface area (Å²) in [5.74, 6) is 0.509. The predicted molar refractivity (Wildman–Crippen MR) is 117 cm³/mol. The van der Waals surface area contributed by atoms with Gasteiger partial charge < -0.3 is 10.6 Å². The minimum atomic E-state index is -0.0470. The SMILES string of the molecule is Cl.O=C(NCC1CCN(Cc2ccccc2)CC1)c1ccn(C2CCCNC2)n1. The zero-order valence-electron chi connectivity index (χ0n) is 16.9. The van der Waals surface area contributed by atoms with Crippen LogP contribution in [0.3, 0.4) is 0 Å². The lowest BCUT2D eigenvalue weighted by molar-refractivity contribution is 0.0929. The average molecular weight is 418 g/mol. The number of hydrogen-bond donors (Lipinski definition) is 2. The first-order valence-electron chi connectivity index (χ1n) is 10.6. The monoisotopic (exact) mass is 417 g/mol. The van der Waals surface area contributed by atoms with Gasteiger partial charge in [0, 0.05) is 25.8 Å². The predicted octanol–water partition coefficient (Wildman–Crippen LogP) is 2.87. The Morgan fingerprint density at radius 3 is 2.66 bits per heavy atom. The highest BCUT2D eigenvalue weighted by Crippen LogP contribution is 2.19. The van der Waals surface area contributed by atoms with Crippen molar-refractivity contribution in [3.05, 3.63) is 53.9 Å². The van der Waals surface area contributed by atoms with Crippen LogP contribution >= 0.6 is 12.4 Å². The van der Waals surface area contributed by atoms with Crippen LogP contribution in [0.4, 0.5) is 0 Å². The second kappa shape index (κ2) is 10.8. The van der Waals surface area contributed by atoms with Crippen LogP contribution in [0.2, 0.25) is 0 Å². The molecule has 1 unspecified atom stereocenters. The third kappa shape index (κ3) is 6.04. The molecule has 1 amide bonds. The third-order valence-electron chi connectivity index (χ3n) is 5.99. The molecule has 0 aliphatic carbocycles. The lowest BCUT2D eigenvalue weighted by Gasteiger charge is -2.32. The van der Waals surface area contributed by atoms with Gasteiger partial charge >= 0.3 is 0 Å². The number of rotatable bonds is 6. The number of halogens is 1. The summed E-state index contributed by atoms with van der Waals surface area (Å²) in [6.45, 7) is 5.97. The minimum absolute atomic E-state index is 0. The van der Waals surface area contributed by atoms with Gasteiger partial charge in [-0.25, -0.2) is 0 Å². The minimum Gasteiger partial charge on any atom is -0.350 e. The molecule has 2 aliphatic rings. The van der Waals surface area contributed by atoms with Crippen molar-refractivity contribution >= 4 is 18.3 Å².